The van der Waals surface area contributed by atoms with E-state index in [1.54, 1.807) is 37.4 Å². The molecule has 0 fully saturated rings. The number of sulfonamides is 1. The van der Waals surface area contributed by atoms with Crippen molar-refractivity contribution in [3.8, 4) is 0 Å². The molecule has 0 spiro atoms. The van der Waals surface area contributed by atoms with Crippen LogP contribution in [0.1, 0.15) is 6.42 Å². The fourth-order valence-corrected chi connectivity index (χ4v) is 3.41. The Kier molecular flexibility index (Phi) is 6.23. The van der Waals surface area contributed by atoms with Crippen LogP contribution in [-0.2, 0) is 10.0 Å². The first kappa shape index (κ1) is 21.1. The molecule has 0 atom stereocenters. The van der Waals surface area contributed by atoms with Crippen molar-refractivity contribution in [1.82, 2.24) is 9.71 Å². The minimum Gasteiger partial charge on any atom is -0.408 e. The second kappa shape index (κ2) is 8.84. The predicted octanol–water partition coefficient (Wildman–Crippen LogP) is 2.29. The normalized spacial score (nSPS) is 12.9. The number of H-pyrrole nitrogens is 1. The zero-order valence-corrected chi connectivity index (χ0v) is 17.2. The Morgan fingerprint density at radius 3 is 2.73 bits per heavy atom. The molecule has 0 unspecified atom stereocenters. The predicted molar refractivity (Wildman–Crippen MR) is 118 cm³/mol. The Bertz CT molecular complexity index is 1300. The lowest BCUT2D eigenvalue weighted by Gasteiger charge is -2.11. The molecule has 1 heterocycles. The van der Waals surface area contributed by atoms with E-state index < -0.39 is 15.8 Å². The fraction of sp³-hybridized carbons (Fsp3) is 0.158. The first-order chi connectivity index (χ1) is 14.3. The molecular formula is C19H20N6O4S. The van der Waals surface area contributed by atoms with Gasteiger partial charge in [0.2, 0.25) is 10.0 Å². The van der Waals surface area contributed by atoms with Crippen molar-refractivity contribution in [3.63, 3.8) is 0 Å². The van der Waals surface area contributed by atoms with Crippen molar-refractivity contribution < 1.29 is 12.8 Å². The second-order valence-electron chi connectivity index (χ2n) is 6.09. The zero-order valence-electron chi connectivity index (χ0n) is 16.3. The molecule has 3 aromatic rings. The minimum atomic E-state index is -3.56. The van der Waals surface area contributed by atoms with E-state index in [1.165, 1.54) is 19.2 Å². The van der Waals surface area contributed by atoms with Crippen molar-refractivity contribution in [2.24, 2.45) is 15.0 Å². The van der Waals surface area contributed by atoms with Crippen LogP contribution in [0.3, 0.4) is 0 Å². The smallest absolute Gasteiger partial charge is 0.408 e. The molecule has 3 N–H and O–H groups in total. The van der Waals surface area contributed by atoms with Gasteiger partial charge in [-0.2, -0.15) is 0 Å². The van der Waals surface area contributed by atoms with Crippen LogP contribution in [-0.4, -0.2) is 45.9 Å². The number of hydrogen-bond acceptors (Lipinski definition) is 6. The molecule has 0 aliphatic carbocycles. The number of nitrogens with one attached hydrogen (secondary N) is 3. The number of nitrogens with zero attached hydrogens (tertiary/aromatic N) is 3. The third-order valence-corrected chi connectivity index (χ3v) is 5.55. The Hall–Kier alpha value is -3.57. The van der Waals surface area contributed by atoms with E-state index >= 15 is 0 Å². The second-order valence-corrected chi connectivity index (χ2v) is 7.98. The highest BCUT2D eigenvalue weighted by atomic mass is 32.2. The summed E-state index contributed by atoms with van der Waals surface area (Å²) in [5.74, 6) is 0.342. The van der Waals surface area contributed by atoms with Gasteiger partial charge in [-0.1, -0.05) is 6.07 Å². The van der Waals surface area contributed by atoms with Crippen LogP contribution in [0, 0.1) is 0 Å². The third-order valence-electron chi connectivity index (χ3n) is 4.14. The van der Waals surface area contributed by atoms with E-state index in [0.717, 1.165) is 0 Å². The molecule has 30 heavy (non-hydrogen) atoms. The van der Waals surface area contributed by atoms with Crippen LogP contribution < -0.4 is 15.8 Å². The summed E-state index contributed by atoms with van der Waals surface area (Å²) in [5.41, 5.74) is 2.03. The number of aromatic nitrogens is 1. The number of aliphatic imine (C=N–C) groups is 3. The number of aromatic amines is 1. The van der Waals surface area contributed by atoms with E-state index in [-0.39, 0.29) is 11.3 Å². The van der Waals surface area contributed by atoms with Gasteiger partial charge in [0.1, 0.15) is 11.7 Å². The summed E-state index contributed by atoms with van der Waals surface area (Å²) in [6.07, 6.45) is 0.220. The lowest BCUT2D eigenvalue weighted by atomic mass is 10.2. The minimum absolute atomic E-state index is 0.127. The lowest BCUT2D eigenvalue weighted by Crippen LogP contribution is -2.19. The third kappa shape index (κ3) is 4.88. The number of fused-ring (bicyclic) bond motifs is 1. The average molecular weight is 428 g/mol. The SMILES string of the molecule is C=NC(CC(=NC)Nc1cccc(S(=O)(=O)NC)c1)=Nc1ccc2[nH]c(=O)oc2c1. The van der Waals surface area contributed by atoms with Gasteiger partial charge in [0, 0.05) is 18.8 Å². The summed E-state index contributed by atoms with van der Waals surface area (Å²) >= 11 is 0. The number of benzene rings is 2. The molecule has 0 saturated heterocycles. The molecule has 0 bridgehead atoms. The molecule has 0 aliphatic heterocycles. The first-order valence-corrected chi connectivity index (χ1v) is 10.3. The Balaban J connectivity index is 1.81. The maximum atomic E-state index is 12.0. The van der Waals surface area contributed by atoms with Crippen molar-refractivity contribution >= 4 is 50.9 Å². The standard InChI is InChI=1S/C19H20N6O4S/c1-20-17(23-12-5-4-6-14(9-12)30(27,28)22-3)11-18(21-2)24-13-7-8-15-16(10-13)29-19(26)25-15/h4-10,22H,2,11H2,1,3H3,(H,20,23)(H,25,26). The van der Waals surface area contributed by atoms with Gasteiger partial charge in [-0.25, -0.2) is 27.9 Å². The summed E-state index contributed by atoms with van der Waals surface area (Å²) in [4.78, 5) is 26.5. The van der Waals surface area contributed by atoms with Crippen LogP contribution in [0.5, 0.6) is 0 Å². The van der Waals surface area contributed by atoms with Crippen LogP contribution in [0.15, 0.2) is 71.5 Å². The highest BCUT2D eigenvalue weighted by Gasteiger charge is 2.12. The van der Waals surface area contributed by atoms with Crippen molar-refractivity contribution in [3.05, 3.63) is 53.0 Å². The van der Waals surface area contributed by atoms with Gasteiger partial charge in [-0.3, -0.25) is 9.98 Å². The van der Waals surface area contributed by atoms with E-state index in [4.69, 9.17) is 4.42 Å². The van der Waals surface area contributed by atoms with Gasteiger partial charge in [-0.05, 0) is 44.1 Å². The van der Waals surface area contributed by atoms with E-state index in [1.807, 2.05) is 0 Å². The number of anilines is 1. The molecule has 3 rings (SSSR count). The molecule has 156 valence electrons. The summed E-state index contributed by atoms with van der Waals surface area (Å²) in [5, 5.41) is 3.07. The molecule has 0 amide bonds. The Labute approximate surface area is 172 Å². The van der Waals surface area contributed by atoms with Gasteiger partial charge in [0.05, 0.1) is 22.5 Å². The number of rotatable bonds is 6. The molecule has 10 nitrogen and oxygen atoms in total. The molecule has 0 saturated carbocycles. The average Bonchev–Trinajstić information content (AvgIpc) is 3.12. The topological polar surface area (TPSA) is 141 Å². The molecule has 0 aliphatic rings. The van der Waals surface area contributed by atoms with Crippen LogP contribution >= 0.6 is 0 Å². The van der Waals surface area contributed by atoms with Gasteiger partial charge in [0.25, 0.3) is 0 Å². The zero-order chi connectivity index (χ0) is 21.7. The van der Waals surface area contributed by atoms with Gasteiger partial charge >= 0.3 is 5.76 Å². The lowest BCUT2D eigenvalue weighted by molar-refractivity contribution is 0.555. The Morgan fingerprint density at radius 2 is 2.03 bits per heavy atom. The van der Waals surface area contributed by atoms with Crippen molar-refractivity contribution in [2.75, 3.05) is 19.4 Å². The van der Waals surface area contributed by atoms with E-state index in [2.05, 4.69) is 36.7 Å². The number of hydrogen-bond donors (Lipinski definition) is 3. The summed E-state index contributed by atoms with van der Waals surface area (Å²) in [6.45, 7) is 3.54. The van der Waals surface area contributed by atoms with Crippen molar-refractivity contribution in [2.45, 2.75) is 11.3 Å². The maximum absolute atomic E-state index is 12.0. The fourth-order valence-electron chi connectivity index (χ4n) is 2.64. The molecule has 2 aromatic carbocycles. The molecule has 11 heteroatoms. The van der Waals surface area contributed by atoms with Crippen LogP contribution in [0.2, 0.25) is 0 Å². The van der Waals surface area contributed by atoms with Crippen LogP contribution in [0.25, 0.3) is 11.1 Å². The summed E-state index contributed by atoms with van der Waals surface area (Å²) in [7, 11) is -0.619. The maximum Gasteiger partial charge on any atom is 0.417 e. The highest BCUT2D eigenvalue weighted by molar-refractivity contribution is 7.89. The number of oxazole rings is 1. The van der Waals surface area contributed by atoms with Gasteiger partial charge in [-0.15, -0.1) is 0 Å². The molecule has 1 aromatic heterocycles. The first-order valence-electron chi connectivity index (χ1n) is 8.78. The monoisotopic (exact) mass is 428 g/mol. The molecular weight excluding hydrogens is 408 g/mol. The molecule has 0 radical (unpaired) electrons. The summed E-state index contributed by atoms with van der Waals surface area (Å²) in [6, 6.07) is 11.3. The van der Waals surface area contributed by atoms with Crippen molar-refractivity contribution in [1.29, 1.82) is 0 Å². The quantitative estimate of drug-likeness (QED) is 0.408. The van der Waals surface area contributed by atoms with Crippen LogP contribution in [0.4, 0.5) is 11.4 Å². The highest BCUT2D eigenvalue weighted by Crippen LogP contribution is 2.20. The van der Waals surface area contributed by atoms with Gasteiger partial charge in [0.15, 0.2) is 5.58 Å². The van der Waals surface area contributed by atoms with E-state index in [9.17, 15) is 13.2 Å². The van der Waals surface area contributed by atoms with Gasteiger partial charge < -0.3 is 9.73 Å². The van der Waals surface area contributed by atoms with E-state index in [0.29, 0.717) is 34.1 Å². The summed E-state index contributed by atoms with van der Waals surface area (Å²) < 4.78 is 31.3. The largest absolute Gasteiger partial charge is 0.417 e. The number of amidine groups is 2. The Morgan fingerprint density at radius 1 is 1.23 bits per heavy atom.